The van der Waals surface area contributed by atoms with Crippen LogP contribution in [0.4, 0.5) is 0 Å². The van der Waals surface area contributed by atoms with Crippen molar-refractivity contribution in [2.24, 2.45) is 0 Å². The van der Waals surface area contributed by atoms with Gasteiger partial charge in [0, 0.05) is 38.0 Å². The van der Waals surface area contributed by atoms with Crippen molar-refractivity contribution < 1.29 is 28.4 Å². The van der Waals surface area contributed by atoms with Crippen LogP contribution >= 0.6 is 67.8 Å². The second-order valence-corrected chi connectivity index (χ2v) is 18.4. The lowest BCUT2D eigenvalue weighted by molar-refractivity contribution is 0.0508. The molecule has 57 heavy (non-hydrogen) atoms. The summed E-state index contributed by atoms with van der Waals surface area (Å²) in [6.45, 7) is 14.1. The normalized spacial score (nSPS) is 11.4. The Hall–Kier alpha value is -1.65. The summed E-state index contributed by atoms with van der Waals surface area (Å²) in [4.78, 5) is 0. The first-order chi connectivity index (χ1) is 27.6. The first kappa shape index (κ1) is 48.0. The number of methoxy groups -OCH3 is 3. The van der Waals surface area contributed by atoms with Gasteiger partial charge in [-0.3, -0.25) is 0 Å². The van der Waals surface area contributed by atoms with Crippen molar-refractivity contribution in [3.63, 3.8) is 0 Å². The van der Waals surface area contributed by atoms with E-state index >= 15 is 0 Å². The van der Waals surface area contributed by atoms with Crippen molar-refractivity contribution >= 4 is 67.8 Å². The molecule has 0 saturated heterocycles. The van der Waals surface area contributed by atoms with Gasteiger partial charge in [0.25, 0.3) is 0 Å². The standard InChI is InChI=1S/C48H63I3O6/c1-10-13-16-19-34-22-37(46(40(49)25-34)55-28-52-7)43-31(4)44(38-23-35(20-17-14-11-2)26-41(50)47(38)56-29-53-8)33(6)45(32(43)5)39-24-36(21-18-15-12-3)27-42(51)48(39)57-30-54-9/h22-27H,10-21,28-30H2,1-9H3. The number of hydrogen-bond acceptors (Lipinski definition) is 6. The maximum atomic E-state index is 6.51. The minimum Gasteiger partial charge on any atom is -0.466 e. The van der Waals surface area contributed by atoms with Crippen molar-refractivity contribution in [2.45, 2.75) is 119 Å². The maximum absolute atomic E-state index is 6.51. The Labute approximate surface area is 384 Å². The topological polar surface area (TPSA) is 55.4 Å². The van der Waals surface area contributed by atoms with Crippen molar-refractivity contribution in [2.75, 3.05) is 41.7 Å². The Morgan fingerprint density at radius 1 is 0.404 bits per heavy atom. The number of hydrogen-bond donors (Lipinski definition) is 0. The third-order valence-corrected chi connectivity index (χ3v) is 12.9. The average Bonchev–Trinajstić information content (AvgIpc) is 3.17. The predicted molar refractivity (Wildman–Crippen MR) is 262 cm³/mol. The molecule has 4 aromatic carbocycles. The molecule has 0 aliphatic heterocycles. The van der Waals surface area contributed by atoms with Crippen LogP contribution in [0.2, 0.25) is 0 Å². The van der Waals surface area contributed by atoms with Gasteiger partial charge in [0.2, 0.25) is 0 Å². The summed E-state index contributed by atoms with van der Waals surface area (Å²) in [6, 6.07) is 13.9. The average molecular weight is 1120 g/mol. The van der Waals surface area contributed by atoms with Crippen LogP contribution in [0.3, 0.4) is 0 Å². The van der Waals surface area contributed by atoms with E-state index in [2.05, 4.69) is 146 Å². The monoisotopic (exact) mass is 1120 g/mol. The molecule has 0 amide bonds. The molecule has 0 atom stereocenters. The van der Waals surface area contributed by atoms with Crippen LogP contribution in [0.25, 0.3) is 33.4 Å². The van der Waals surface area contributed by atoms with E-state index in [1.165, 1.54) is 71.9 Å². The van der Waals surface area contributed by atoms with E-state index in [0.29, 0.717) is 0 Å². The molecule has 0 aliphatic carbocycles. The van der Waals surface area contributed by atoms with Gasteiger partial charge in [-0.15, -0.1) is 0 Å². The minimum atomic E-state index is 0.155. The molecule has 4 aromatic rings. The second-order valence-electron chi connectivity index (χ2n) is 14.9. The van der Waals surface area contributed by atoms with Gasteiger partial charge in [0.05, 0.1) is 10.7 Å². The molecular weight excluding hydrogens is 1050 g/mol. The van der Waals surface area contributed by atoms with E-state index in [-0.39, 0.29) is 20.4 Å². The molecule has 0 radical (unpaired) electrons. The molecule has 6 nitrogen and oxygen atoms in total. The zero-order chi connectivity index (χ0) is 41.5. The second kappa shape index (κ2) is 24.6. The molecule has 0 spiro atoms. The molecule has 312 valence electrons. The van der Waals surface area contributed by atoms with Crippen molar-refractivity contribution in [1.29, 1.82) is 0 Å². The largest absolute Gasteiger partial charge is 0.466 e. The van der Waals surface area contributed by atoms with E-state index in [0.717, 1.165) is 99.9 Å². The molecule has 0 saturated carbocycles. The van der Waals surface area contributed by atoms with Gasteiger partial charge >= 0.3 is 0 Å². The van der Waals surface area contributed by atoms with Gasteiger partial charge in [-0.2, -0.15) is 0 Å². The van der Waals surface area contributed by atoms with Gasteiger partial charge in [-0.05, 0) is 214 Å². The van der Waals surface area contributed by atoms with Crippen LogP contribution in [0.1, 0.15) is 112 Å². The molecule has 9 heteroatoms. The number of ether oxygens (including phenoxy) is 6. The van der Waals surface area contributed by atoms with Gasteiger partial charge < -0.3 is 28.4 Å². The van der Waals surface area contributed by atoms with Gasteiger partial charge in [0.15, 0.2) is 20.4 Å². The highest BCUT2D eigenvalue weighted by molar-refractivity contribution is 14.1. The Kier molecular flexibility index (Phi) is 20.7. The molecule has 0 aliphatic rings. The predicted octanol–water partition coefficient (Wildman–Crippen LogP) is 14.6. The summed E-state index contributed by atoms with van der Waals surface area (Å²) in [5.74, 6) is 2.50. The summed E-state index contributed by atoms with van der Waals surface area (Å²) >= 11 is 7.35. The molecule has 0 fully saturated rings. The van der Waals surface area contributed by atoms with Crippen LogP contribution in [-0.2, 0) is 33.5 Å². The Morgan fingerprint density at radius 3 is 0.895 bits per heavy atom. The van der Waals surface area contributed by atoms with Crippen LogP contribution in [0.15, 0.2) is 36.4 Å². The Morgan fingerprint density at radius 2 is 0.667 bits per heavy atom. The zero-order valence-corrected chi connectivity index (χ0v) is 42.1. The lowest BCUT2D eigenvalue weighted by atomic mass is 9.79. The molecule has 0 bridgehead atoms. The highest BCUT2D eigenvalue weighted by atomic mass is 127. The first-order valence-electron chi connectivity index (χ1n) is 20.5. The Bertz CT molecular complexity index is 1690. The molecule has 0 N–H and O–H groups in total. The molecule has 0 heterocycles. The van der Waals surface area contributed by atoms with E-state index in [4.69, 9.17) is 28.4 Å². The first-order valence-corrected chi connectivity index (χ1v) is 23.8. The summed E-state index contributed by atoms with van der Waals surface area (Å²) in [5.41, 5.74) is 14.1. The lowest BCUT2D eigenvalue weighted by Crippen LogP contribution is -2.09. The van der Waals surface area contributed by atoms with E-state index in [9.17, 15) is 0 Å². The smallest absolute Gasteiger partial charge is 0.188 e. The molecule has 4 rings (SSSR count). The van der Waals surface area contributed by atoms with Gasteiger partial charge in [-0.25, -0.2) is 0 Å². The van der Waals surface area contributed by atoms with Crippen LogP contribution < -0.4 is 14.2 Å². The SMILES string of the molecule is CCCCCc1cc(I)c(OCOC)c(-c2c(C)c(-c3cc(CCCCC)cc(I)c3OCOC)c(C)c(-c3cc(CCCCC)cc(I)c3OCOC)c2C)c1. The summed E-state index contributed by atoms with van der Waals surface area (Å²) in [5, 5.41) is 0. The van der Waals surface area contributed by atoms with E-state index in [1.54, 1.807) is 21.3 Å². The highest BCUT2D eigenvalue weighted by Gasteiger charge is 2.28. The number of halogens is 3. The number of unbranched alkanes of at least 4 members (excludes halogenated alkanes) is 6. The molecule has 0 unspecified atom stereocenters. The van der Waals surface area contributed by atoms with Crippen LogP contribution in [0, 0.1) is 31.5 Å². The third kappa shape index (κ3) is 12.5. The van der Waals surface area contributed by atoms with Crippen LogP contribution in [0.5, 0.6) is 17.2 Å². The van der Waals surface area contributed by atoms with E-state index in [1.807, 2.05) is 0 Å². The minimum absolute atomic E-state index is 0.155. The summed E-state index contributed by atoms with van der Waals surface area (Å²) < 4.78 is 39.3. The quantitative estimate of drug-likeness (QED) is 0.0396. The Balaban J connectivity index is 2.24. The molecule has 0 aromatic heterocycles. The lowest BCUT2D eigenvalue weighted by Gasteiger charge is -2.27. The van der Waals surface area contributed by atoms with Gasteiger partial charge in [-0.1, -0.05) is 59.3 Å². The van der Waals surface area contributed by atoms with E-state index < -0.39 is 0 Å². The maximum Gasteiger partial charge on any atom is 0.188 e. The third-order valence-electron chi connectivity index (χ3n) is 10.5. The van der Waals surface area contributed by atoms with Crippen molar-refractivity contribution in [3.05, 3.63) is 80.5 Å². The van der Waals surface area contributed by atoms with Crippen molar-refractivity contribution in [1.82, 2.24) is 0 Å². The number of rotatable bonds is 24. The van der Waals surface area contributed by atoms with Crippen LogP contribution in [-0.4, -0.2) is 41.7 Å². The summed E-state index contributed by atoms with van der Waals surface area (Å²) in [7, 11) is 5.03. The summed E-state index contributed by atoms with van der Waals surface area (Å²) in [6.07, 6.45) is 13.5. The fraction of sp³-hybridized carbons (Fsp3) is 0.500. The van der Waals surface area contributed by atoms with Crippen molar-refractivity contribution in [3.8, 4) is 50.6 Å². The zero-order valence-electron chi connectivity index (χ0n) is 35.7. The molecular formula is C48H63I3O6. The number of aryl methyl sites for hydroxylation is 3. The number of benzene rings is 4. The fourth-order valence-electron chi connectivity index (χ4n) is 7.90. The van der Waals surface area contributed by atoms with Gasteiger partial charge in [0.1, 0.15) is 17.2 Å². The highest BCUT2D eigenvalue weighted by Crippen LogP contribution is 2.51. The fourth-order valence-corrected chi connectivity index (χ4v) is 10.4.